The van der Waals surface area contributed by atoms with Crippen molar-refractivity contribution in [2.45, 2.75) is 18.9 Å². The zero-order chi connectivity index (χ0) is 24.0. The number of likely N-dealkylation sites (N-methyl/N-ethyl adjacent to an activating group) is 2. The molecule has 1 aromatic heterocycles. The fraction of sp³-hybridized carbons (Fsp3) is 0.320. The van der Waals surface area contributed by atoms with Crippen molar-refractivity contribution in [3.63, 3.8) is 0 Å². The van der Waals surface area contributed by atoms with Crippen LogP contribution in [0.15, 0.2) is 60.8 Å². The molecule has 3 aromatic rings. The Hall–Kier alpha value is -3.65. The minimum Gasteiger partial charge on any atom is -0.436 e. The van der Waals surface area contributed by atoms with Crippen LogP contribution in [-0.2, 0) is 22.4 Å². The summed E-state index contributed by atoms with van der Waals surface area (Å²) in [4.78, 5) is 40.9. The number of hydrogen-bond acceptors (Lipinski definition) is 5. The van der Waals surface area contributed by atoms with Crippen LogP contribution in [0.1, 0.15) is 15.9 Å². The molecule has 174 valence electrons. The molecule has 2 amide bonds. The van der Waals surface area contributed by atoms with Crippen molar-refractivity contribution in [1.82, 2.24) is 14.4 Å². The van der Waals surface area contributed by atoms with Crippen molar-refractivity contribution in [3.05, 3.63) is 71.9 Å². The van der Waals surface area contributed by atoms with Gasteiger partial charge in [-0.1, -0.05) is 48.5 Å². The molecule has 8 nitrogen and oxygen atoms in total. The van der Waals surface area contributed by atoms with E-state index in [2.05, 4.69) is 4.90 Å². The Labute approximate surface area is 193 Å². The smallest absolute Gasteiger partial charge is 0.405 e. The Bertz CT molecular complexity index is 1120. The highest BCUT2D eigenvalue weighted by molar-refractivity contribution is 5.97. The van der Waals surface area contributed by atoms with Crippen LogP contribution in [0.3, 0.4) is 0 Å². The van der Waals surface area contributed by atoms with Crippen molar-refractivity contribution in [2.24, 2.45) is 5.73 Å². The lowest BCUT2D eigenvalue weighted by molar-refractivity contribution is -0.138. The number of ether oxygens (including phenoxy) is 1. The Morgan fingerprint density at radius 3 is 2.33 bits per heavy atom. The minimum absolute atomic E-state index is 0.169. The predicted molar refractivity (Wildman–Crippen MR) is 127 cm³/mol. The van der Waals surface area contributed by atoms with E-state index in [1.807, 2.05) is 74.9 Å². The number of rotatable bonds is 9. The van der Waals surface area contributed by atoms with E-state index in [1.54, 1.807) is 4.57 Å². The zero-order valence-electron chi connectivity index (χ0n) is 19.2. The lowest BCUT2D eigenvalue weighted by Crippen LogP contribution is -2.44. The monoisotopic (exact) mass is 450 g/mol. The van der Waals surface area contributed by atoms with Crippen LogP contribution >= 0.6 is 0 Å². The molecule has 0 radical (unpaired) electrons. The molecule has 0 aliphatic heterocycles. The van der Waals surface area contributed by atoms with E-state index in [1.165, 1.54) is 11.9 Å². The molecule has 0 aliphatic rings. The van der Waals surface area contributed by atoms with Crippen molar-refractivity contribution in [1.29, 1.82) is 0 Å². The summed E-state index contributed by atoms with van der Waals surface area (Å²) >= 11 is 0. The van der Waals surface area contributed by atoms with Gasteiger partial charge in [0.1, 0.15) is 6.54 Å². The van der Waals surface area contributed by atoms with E-state index in [0.29, 0.717) is 0 Å². The Kier molecular flexibility index (Phi) is 7.84. The molecule has 2 N–H and O–H groups in total. The van der Waals surface area contributed by atoms with Crippen LogP contribution in [0.5, 0.6) is 0 Å². The number of nitrogens with two attached hydrogens (primary N) is 1. The van der Waals surface area contributed by atoms with Crippen LogP contribution in [-0.4, -0.2) is 72.6 Å². The highest BCUT2D eigenvalue weighted by Gasteiger charge is 2.27. The van der Waals surface area contributed by atoms with Gasteiger partial charge in [-0.15, -0.1) is 0 Å². The molecule has 0 saturated carbocycles. The molecular weight excluding hydrogens is 420 g/mol. The normalized spacial score (nSPS) is 12.0. The highest BCUT2D eigenvalue weighted by atomic mass is 16.6. The van der Waals surface area contributed by atoms with Crippen molar-refractivity contribution >= 4 is 28.8 Å². The molecule has 33 heavy (non-hydrogen) atoms. The second kappa shape index (κ2) is 10.8. The third-order valence-corrected chi connectivity index (χ3v) is 5.44. The number of fused-ring (bicyclic) bond motifs is 1. The van der Waals surface area contributed by atoms with Crippen molar-refractivity contribution in [3.8, 4) is 0 Å². The van der Waals surface area contributed by atoms with Crippen LogP contribution < -0.4 is 5.73 Å². The molecule has 1 atom stereocenters. The molecule has 3 rings (SSSR count). The summed E-state index contributed by atoms with van der Waals surface area (Å²) < 4.78 is 6.67. The number of carbonyl (C=O) groups is 3. The summed E-state index contributed by atoms with van der Waals surface area (Å²) in [5.41, 5.74) is 7.87. The van der Waals surface area contributed by atoms with Crippen LogP contribution in [0.4, 0.5) is 4.79 Å². The minimum atomic E-state index is -1.11. The first-order valence-corrected chi connectivity index (χ1v) is 10.8. The average Bonchev–Trinajstić information content (AvgIpc) is 3.16. The number of aromatic nitrogens is 1. The molecule has 0 fully saturated rings. The summed E-state index contributed by atoms with van der Waals surface area (Å²) in [6.45, 7) is 0.685. The maximum absolute atomic E-state index is 13.2. The van der Waals surface area contributed by atoms with E-state index < -0.39 is 18.1 Å². The molecular formula is C25H30N4O4. The van der Waals surface area contributed by atoms with Gasteiger partial charge in [-0.05, 0) is 37.7 Å². The van der Waals surface area contributed by atoms with Gasteiger partial charge in [-0.3, -0.25) is 14.2 Å². The Morgan fingerprint density at radius 1 is 1.00 bits per heavy atom. The van der Waals surface area contributed by atoms with Gasteiger partial charge in [-0.25, -0.2) is 4.79 Å². The number of nitrogens with zero attached hydrogens (tertiary/aromatic N) is 3. The molecule has 0 saturated heterocycles. The van der Waals surface area contributed by atoms with Gasteiger partial charge in [0, 0.05) is 31.6 Å². The lowest BCUT2D eigenvalue weighted by atomic mass is 10.1. The van der Waals surface area contributed by atoms with Crippen LogP contribution in [0, 0.1) is 0 Å². The second-order valence-electron chi connectivity index (χ2n) is 8.30. The first kappa shape index (κ1) is 24.0. The molecule has 2 aromatic carbocycles. The summed E-state index contributed by atoms with van der Waals surface area (Å²) in [5, 5.41) is 1.01. The van der Waals surface area contributed by atoms with E-state index in [4.69, 9.17) is 10.5 Å². The maximum atomic E-state index is 13.2. The van der Waals surface area contributed by atoms with Gasteiger partial charge < -0.3 is 20.3 Å². The van der Waals surface area contributed by atoms with Gasteiger partial charge in [-0.2, -0.15) is 0 Å². The van der Waals surface area contributed by atoms with Gasteiger partial charge in [0.25, 0.3) is 11.8 Å². The number of primary amides is 1. The average molecular weight is 451 g/mol. The third-order valence-electron chi connectivity index (χ3n) is 5.44. The fourth-order valence-electron chi connectivity index (χ4n) is 3.75. The Balaban J connectivity index is 1.77. The van der Waals surface area contributed by atoms with Crippen LogP contribution in [0.25, 0.3) is 10.9 Å². The number of carbonyl (C=O) groups excluding carboxylic acids is 3. The first-order valence-electron chi connectivity index (χ1n) is 10.8. The Morgan fingerprint density at radius 2 is 1.67 bits per heavy atom. The van der Waals surface area contributed by atoms with E-state index in [0.717, 1.165) is 35.0 Å². The molecule has 0 bridgehead atoms. The highest BCUT2D eigenvalue weighted by Crippen LogP contribution is 2.22. The van der Waals surface area contributed by atoms with Gasteiger partial charge >= 0.3 is 6.09 Å². The predicted octanol–water partition coefficient (Wildman–Crippen LogP) is 2.55. The quantitative estimate of drug-likeness (QED) is 0.540. The van der Waals surface area contributed by atoms with E-state index >= 15 is 0 Å². The number of benzene rings is 2. The van der Waals surface area contributed by atoms with Gasteiger partial charge in [0.2, 0.25) is 0 Å². The largest absolute Gasteiger partial charge is 0.436 e. The van der Waals surface area contributed by atoms with Crippen LogP contribution in [0.2, 0.25) is 0 Å². The summed E-state index contributed by atoms with van der Waals surface area (Å²) in [7, 11) is 5.52. The van der Waals surface area contributed by atoms with Gasteiger partial charge in [0.15, 0.2) is 6.10 Å². The van der Waals surface area contributed by atoms with Crippen molar-refractivity contribution < 1.29 is 19.1 Å². The summed E-state index contributed by atoms with van der Waals surface area (Å²) in [5.74, 6) is -0.744. The topological polar surface area (TPSA) is 97.9 Å². The molecule has 8 heteroatoms. The molecule has 1 heterocycles. The second-order valence-corrected chi connectivity index (χ2v) is 8.30. The number of hydrogen-bond donors (Lipinski definition) is 1. The number of para-hydroxylation sites is 1. The third kappa shape index (κ3) is 6.20. The van der Waals surface area contributed by atoms with Gasteiger partial charge in [0.05, 0.1) is 5.52 Å². The summed E-state index contributed by atoms with van der Waals surface area (Å²) in [6.07, 6.45) is 0.665. The molecule has 0 aliphatic carbocycles. The molecule has 0 unspecified atom stereocenters. The fourth-order valence-corrected chi connectivity index (χ4v) is 3.75. The van der Waals surface area contributed by atoms with E-state index in [-0.39, 0.29) is 18.9 Å². The standard InChI is InChI=1S/C25H30N4O4/c1-27(2)14-13-19-16-29(21-12-8-7-11-20(19)21)23(30)17-28(3)24(31)22(33-25(26)32)15-18-9-5-4-6-10-18/h4-12,16,22H,13-15,17H2,1-3H3,(H2,26,32)/t22-/m0/s1. The first-order chi connectivity index (χ1) is 15.8. The molecule has 0 spiro atoms. The number of amides is 2. The summed E-state index contributed by atoms with van der Waals surface area (Å²) in [6, 6.07) is 16.9. The zero-order valence-corrected chi connectivity index (χ0v) is 19.2. The van der Waals surface area contributed by atoms with E-state index in [9.17, 15) is 14.4 Å². The maximum Gasteiger partial charge on any atom is 0.405 e. The SMILES string of the molecule is CN(C)CCc1cn(C(=O)CN(C)C(=O)[C@H](Cc2ccccc2)OC(N)=O)c2ccccc12. The lowest BCUT2D eigenvalue weighted by Gasteiger charge is -2.23. The van der Waals surface area contributed by atoms with Crippen molar-refractivity contribution in [2.75, 3.05) is 34.2 Å².